The molecule has 0 bridgehead atoms. The summed E-state index contributed by atoms with van der Waals surface area (Å²) in [7, 11) is 2.93. The fraction of sp³-hybridized carbons (Fsp3) is 0.318. The van der Waals surface area contributed by atoms with Gasteiger partial charge in [0.2, 0.25) is 5.82 Å². The maximum atomic E-state index is 13.1. The molecule has 12 nitrogen and oxygen atoms in total. The molecule has 182 valence electrons. The maximum absolute atomic E-state index is 13.1. The predicted octanol–water partition coefficient (Wildman–Crippen LogP) is -0.963. The minimum atomic E-state index is -1.47. The van der Waals surface area contributed by atoms with Gasteiger partial charge in [-0.05, 0) is 30.2 Å². The molecule has 35 heavy (non-hydrogen) atoms. The molecular weight excluding hydrogens is 461 g/mol. The van der Waals surface area contributed by atoms with Gasteiger partial charge in [0, 0.05) is 19.7 Å². The summed E-state index contributed by atoms with van der Waals surface area (Å²) in [5, 5.41) is 23.0. The molecule has 2 aromatic heterocycles. The van der Waals surface area contributed by atoms with Crippen molar-refractivity contribution in [3.8, 4) is 11.8 Å². The Morgan fingerprint density at radius 3 is 2.66 bits per heavy atom. The average Bonchev–Trinajstić information content (AvgIpc) is 3.39. The van der Waals surface area contributed by atoms with Crippen molar-refractivity contribution in [2.45, 2.75) is 24.5 Å². The number of nitrogens with two attached hydrogens (primary N) is 1. The van der Waals surface area contributed by atoms with Crippen LogP contribution in [0.2, 0.25) is 0 Å². The number of nitrogen functional groups attached to an aromatic ring is 1. The van der Waals surface area contributed by atoms with Gasteiger partial charge in [-0.3, -0.25) is 14.2 Å². The zero-order valence-electron chi connectivity index (χ0n) is 18.7. The van der Waals surface area contributed by atoms with Crippen LogP contribution >= 0.6 is 0 Å². The number of benzene rings is 1. The number of nitrogens with zero attached hydrogens (tertiary/aromatic N) is 5. The van der Waals surface area contributed by atoms with Crippen molar-refractivity contribution >= 4 is 28.8 Å². The first-order chi connectivity index (χ1) is 16.7. The Kier molecular flexibility index (Phi) is 6.61. The minimum absolute atomic E-state index is 0.0182. The second-order valence-corrected chi connectivity index (χ2v) is 7.77. The first kappa shape index (κ1) is 24.0. The average molecular weight is 483 g/mol. The fourth-order valence-corrected chi connectivity index (χ4v) is 3.55. The molecule has 3 aromatic rings. The molecule has 1 aliphatic heterocycles. The Bertz CT molecular complexity index is 1330. The van der Waals surface area contributed by atoms with E-state index >= 15 is 0 Å². The number of carbonyl (C=O) groups is 2. The van der Waals surface area contributed by atoms with Gasteiger partial charge in [0.05, 0.1) is 12.9 Å². The highest BCUT2D eigenvalue weighted by atomic mass is 19.1. The molecule has 1 aromatic carbocycles. The van der Waals surface area contributed by atoms with Gasteiger partial charge in [0.15, 0.2) is 23.8 Å². The van der Waals surface area contributed by atoms with Crippen LogP contribution in [0, 0.1) is 17.7 Å². The summed E-state index contributed by atoms with van der Waals surface area (Å²) in [4.78, 5) is 38.3. The number of likely N-dealkylation sites (N-methyl/N-ethyl adjacent to an activating group) is 1. The number of ether oxygens (including phenoxy) is 1. The van der Waals surface area contributed by atoms with Crippen molar-refractivity contribution in [1.29, 1.82) is 0 Å². The second-order valence-electron chi connectivity index (χ2n) is 7.77. The predicted molar refractivity (Wildman–Crippen MR) is 120 cm³/mol. The van der Waals surface area contributed by atoms with Gasteiger partial charge in [0.1, 0.15) is 23.5 Å². The number of imidazole rings is 1. The summed E-state index contributed by atoms with van der Waals surface area (Å²) in [6.45, 7) is 0.0290. The van der Waals surface area contributed by atoms with E-state index in [4.69, 9.17) is 10.5 Å². The Labute approximate surface area is 198 Å². The number of anilines is 1. The lowest BCUT2D eigenvalue weighted by Crippen LogP contribution is -2.41. The highest BCUT2D eigenvalue weighted by molar-refractivity contribution is 5.94. The number of fused-ring (bicyclic) bond motifs is 1. The Hall–Kier alpha value is -4.12. The molecule has 4 rings (SSSR count). The minimum Gasteiger partial charge on any atom is -0.387 e. The lowest BCUT2D eigenvalue weighted by molar-refractivity contribution is -0.137. The monoisotopic (exact) mass is 483 g/mol. The molecule has 0 saturated carbocycles. The number of aliphatic hydroxyl groups is 2. The topological polar surface area (TPSA) is 169 Å². The molecule has 1 saturated heterocycles. The summed E-state index contributed by atoms with van der Waals surface area (Å²) in [5.41, 5.74) is 6.69. The van der Waals surface area contributed by atoms with E-state index < -0.39 is 36.3 Å². The summed E-state index contributed by atoms with van der Waals surface area (Å²) in [5.74, 6) is 4.17. The van der Waals surface area contributed by atoms with Gasteiger partial charge in [-0.2, -0.15) is 0 Å². The van der Waals surface area contributed by atoms with Crippen molar-refractivity contribution in [3.63, 3.8) is 0 Å². The number of nitrogens with one attached hydrogen (secondary N) is 1. The summed E-state index contributed by atoms with van der Waals surface area (Å²) < 4.78 is 20.0. The van der Waals surface area contributed by atoms with Crippen LogP contribution in [0.3, 0.4) is 0 Å². The van der Waals surface area contributed by atoms with Gasteiger partial charge < -0.3 is 30.9 Å². The van der Waals surface area contributed by atoms with E-state index in [1.807, 2.05) is 0 Å². The van der Waals surface area contributed by atoms with Crippen molar-refractivity contribution in [2.24, 2.45) is 0 Å². The Balaban J connectivity index is 1.56. The van der Waals surface area contributed by atoms with E-state index in [0.717, 1.165) is 0 Å². The second kappa shape index (κ2) is 9.63. The lowest BCUT2D eigenvalue weighted by atomic mass is 10.1. The van der Waals surface area contributed by atoms with Crippen LogP contribution in [-0.2, 0) is 9.53 Å². The molecular formula is C22H22FN7O5. The van der Waals surface area contributed by atoms with Crippen molar-refractivity contribution < 1.29 is 28.9 Å². The molecule has 4 atom stereocenters. The standard InChI is InChI=1S/C22H22FN7O5/c1-25-20(33)17-15(31)16(32)22(35-17)30-10-26-14-18(24)27-13(28-19(14)30)4-3-9-29(2)21(34)11-5-7-12(23)8-6-11/h5-8,10,15-17,22,31-32H,9H2,1-2H3,(H,25,33)(H2,24,27,28)/t15-,16+,17-,22+/m0/s1. The van der Waals surface area contributed by atoms with Crippen molar-refractivity contribution in [1.82, 2.24) is 29.7 Å². The molecule has 0 spiro atoms. The van der Waals surface area contributed by atoms with Gasteiger partial charge in [0.25, 0.3) is 11.8 Å². The quantitative estimate of drug-likeness (QED) is 0.341. The van der Waals surface area contributed by atoms with E-state index in [1.54, 1.807) is 7.05 Å². The van der Waals surface area contributed by atoms with Crippen LogP contribution in [0.5, 0.6) is 0 Å². The Morgan fingerprint density at radius 2 is 1.97 bits per heavy atom. The van der Waals surface area contributed by atoms with Crippen molar-refractivity contribution in [2.75, 3.05) is 26.4 Å². The van der Waals surface area contributed by atoms with E-state index in [9.17, 15) is 24.2 Å². The molecule has 5 N–H and O–H groups in total. The summed E-state index contributed by atoms with van der Waals surface area (Å²) in [6, 6.07) is 5.16. The zero-order chi connectivity index (χ0) is 25.3. The van der Waals surface area contributed by atoms with Gasteiger partial charge in [-0.1, -0.05) is 5.92 Å². The Morgan fingerprint density at radius 1 is 1.26 bits per heavy atom. The number of carbonyl (C=O) groups excluding carboxylic acids is 2. The zero-order valence-corrected chi connectivity index (χ0v) is 18.7. The van der Waals surface area contributed by atoms with E-state index in [0.29, 0.717) is 5.56 Å². The van der Waals surface area contributed by atoms with Crippen LogP contribution < -0.4 is 11.1 Å². The third-order valence-electron chi connectivity index (χ3n) is 5.42. The van der Waals surface area contributed by atoms with E-state index in [1.165, 1.54) is 47.1 Å². The van der Waals surface area contributed by atoms with E-state index in [-0.39, 0.29) is 35.3 Å². The van der Waals surface area contributed by atoms with Crippen LogP contribution in [0.25, 0.3) is 11.2 Å². The number of amides is 2. The molecule has 1 aliphatic rings. The third-order valence-corrected chi connectivity index (χ3v) is 5.42. The third kappa shape index (κ3) is 4.62. The molecule has 3 heterocycles. The van der Waals surface area contributed by atoms with Crippen molar-refractivity contribution in [3.05, 3.63) is 47.8 Å². The summed E-state index contributed by atoms with van der Waals surface area (Å²) in [6.07, 6.45) is -4.05. The van der Waals surface area contributed by atoms with Gasteiger partial charge in [-0.15, -0.1) is 0 Å². The molecule has 0 unspecified atom stereocenters. The molecule has 13 heteroatoms. The smallest absolute Gasteiger partial charge is 0.254 e. The fourth-order valence-electron chi connectivity index (χ4n) is 3.55. The normalized spacial score (nSPS) is 21.4. The number of rotatable bonds is 4. The lowest BCUT2D eigenvalue weighted by Gasteiger charge is -2.16. The van der Waals surface area contributed by atoms with Crippen LogP contribution in [0.15, 0.2) is 30.6 Å². The van der Waals surface area contributed by atoms with E-state index in [2.05, 4.69) is 32.1 Å². The first-order valence-corrected chi connectivity index (χ1v) is 10.4. The van der Waals surface area contributed by atoms with Crippen LogP contribution in [-0.4, -0.2) is 85.4 Å². The van der Waals surface area contributed by atoms with Crippen LogP contribution in [0.1, 0.15) is 22.4 Å². The number of aromatic nitrogens is 4. The summed E-state index contributed by atoms with van der Waals surface area (Å²) >= 11 is 0. The highest BCUT2D eigenvalue weighted by Crippen LogP contribution is 2.32. The molecule has 2 amide bonds. The van der Waals surface area contributed by atoms with Crippen LogP contribution in [0.4, 0.5) is 10.2 Å². The maximum Gasteiger partial charge on any atom is 0.254 e. The molecule has 0 radical (unpaired) electrons. The largest absolute Gasteiger partial charge is 0.387 e. The number of hydrogen-bond donors (Lipinski definition) is 4. The highest BCUT2D eigenvalue weighted by Gasteiger charge is 2.47. The van der Waals surface area contributed by atoms with Gasteiger partial charge >= 0.3 is 0 Å². The van der Waals surface area contributed by atoms with Gasteiger partial charge in [-0.25, -0.2) is 19.3 Å². The SMILES string of the molecule is CNC(=O)[C@H]1O[C@@H](n2cnc3c(N)nc(C#CCN(C)C(=O)c4ccc(F)cc4)nc32)[C@H](O)[C@@H]1O. The number of hydrogen-bond acceptors (Lipinski definition) is 9. The molecule has 1 fully saturated rings. The first-order valence-electron chi connectivity index (χ1n) is 10.4. The number of aliphatic hydroxyl groups excluding tert-OH is 2. The number of halogens is 1. The molecule has 0 aliphatic carbocycles.